The molecule has 0 spiro atoms. The summed E-state index contributed by atoms with van der Waals surface area (Å²) in [6, 6.07) is 0. The SMILES string of the molecule is CCC(C)(C(C)C)C(C)CCC(C)C. The third kappa shape index (κ3) is 3.63. The molecule has 2 unspecified atom stereocenters. The molecule has 0 aromatic carbocycles. The van der Waals surface area contributed by atoms with Crippen LogP contribution in [0.2, 0.25) is 0 Å². The van der Waals surface area contributed by atoms with Gasteiger partial charge in [-0.05, 0) is 29.6 Å². The summed E-state index contributed by atoms with van der Waals surface area (Å²) >= 11 is 0. The first-order valence-electron chi connectivity index (χ1n) is 6.34. The zero-order valence-corrected chi connectivity index (χ0v) is 11.4. The van der Waals surface area contributed by atoms with Crippen molar-refractivity contribution in [1.82, 2.24) is 0 Å². The fourth-order valence-corrected chi connectivity index (χ4v) is 2.24. The summed E-state index contributed by atoms with van der Waals surface area (Å²) in [4.78, 5) is 0. The Morgan fingerprint density at radius 1 is 0.929 bits per heavy atom. The maximum atomic E-state index is 2.46. The van der Waals surface area contributed by atoms with Crippen molar-refractivity contribution < 1.29 is 0 Å². The lowest BCUT2D eigenvalue weighted by atomic mass is 9.66. The van der Waals surface area contributed by atoms with E-state index in [1.54, 1.807) is 0 Å². The second kappa shape index (κ2) is 5.78. The average Bonchev–Trinajstić information content (AvgIpc) is 2.12. The largest absolute Gasteiger partial charge is 0.0648 e. The second-order valence-electron chi connectivity index (χ2n) is 5.89. The number of rotatable bonds is 6. The van der Waals surface area contributed by atoms with Crippen molar-refractivity contribution in [1.29, 1.82) is 0 Å². The first kappa shape index (κ1) is 14.0. The minimum atomic E-state index is 0.537. The molecule has 0 N–H and O–H groups in total. The Balaban J connectivity index is 4.24. The molecule has 0 heterocycles. The van der Waals surface area contributed by atoms with E-state index in [2.05, 4.69) is 48.5 Å². The monoisotopic (exact) mass is 198 g/mol. The van der Waals surface area contributed by atoms with Gasteiger partial charge in [-0.1, -0.05) is 61.3 Å². The summed E-state index contributed by atoms with van der Waals surface area (Å²) in [5.74, 6) is 2.51. The molecular weight excluding hydrogens is 168 g/mol. The van der Waals surface area contributed by atoms with Gasteiger partial charge in [0, 0.05) is 0 Å². The fourth-order valence-electron chi connectivity index (χ4n) is 2.24. The van der Waals surface area contributed by atoms with Crippen molar-refractivity contribution in [2.45, 2.75) is 67.7 Å². The van der Waals surface area contributed by atoms with E-state index in [1.165, 1.54) is 19.3 Å². The highest BCUT2D eigenvalue weighted by Gasteiger charge is 2.32. The first-order chi connectivity index (χ1) is 6.34. The van der Waals surface area contributed by atoms with E-state index in [0.29, 0.717) is 5.41 Å². The Morgan fingerprint density at radius 3 is 1.71 bits per heavy atom. The Labute approximate surface area is 91.5 Å². The zero-order chi connectivity index (χ0) is 11.4. The van der Waals surface area contributed by atoms with Gasteiger partial charge in [0.1, 0.15) is 0 Å². The fraction of sp³-hybridized carbons (Fsp3) is 1.00. The minimum Gasteiger partial charge on any atom is -0.0648 e. The average molecular weight is 198 g/mol. The summed E-state index contributed by atoms with van der Waals surface area (Å²) in [6.45, 7) is 16.6. The van der Waals surface area contributed by atoms with Crippen LogP contribution in [0.15, 0.2) is 0 Å². The molecule has 0 aromatic rings. The zero-order valence-electron chi connectivity index (χ0n) is 11.4. The van der Waals surface area contributed by atoms with Gasteiger partial charge < -0.3 is 0 Å². The molecule has 0 heteroatoms. The number of hydrogen-bond acceptors (Lipinski definition) is 0. The molecule has 0 aliphatic heterocycles. The third-order valence-corrected chi connectivity index (χ3v) is 4.38. The summed E-state index contributed by atoms with van der Waals surface area (Å²) < 4.78 is 0. The highest BCUT2D eigenvalue weighted by atomic mass is 14.4. The molecule has 0 aliphatic rings. The van der Waals surface area contributed by atoms with Crippen LogP contribution in [0.1, 0.15) is 67.7 Å². The Hall–Kier alpha value is 0. The molecule has 0 nitrogen and oxygen atoms in total. The smallest absolute Gasteiger partial charge is 0.0280 e. The van der Waals surface area contributed by atoms with Crippen molar-refractivity contribution in [2.24, 2.45) is 23.2 Å². The molecule has 0 rings (SSSR count). The van der Waals surface area contributed by atoms with Gasteiger partial charge in [-0.25, -0.2) is 0 Å². The van der Waals surface area contributed by atoms with Crippen molar-refractivity contribution in [2.75, 3.05) is 0 Å². The van der Waals surface area contributed by atoms with Crippen LogP contribution in [0, 0.1) is 23.2 Å². The molecule has 2 atom stereocenters. The third-order valence-electron chi connectivity index (χ3n) is 4.38. The molecule has 0 saturated carbocycles. The van der Waals surface area contributed by atoms with E-state index in [1.807, 2.05) is 0 Å². The van der Waals surface area contributed by atoms with Gasteiger partial charge in [0.2, 0.25) is 0 Å². The van der Waals surface area contributed by atoms with Gasteiger partial charge in [0.05, 0.1) is 0 Å². The summed E-state index contributed by atoms with van der Waals surface area (Å²) in [7, 11) is 0. The topological polar surface area (TPSA) is 0 Å². The minimum absolute atomic E-state index is 0.537. The van der Waals surface area contributed by atoms with E-state index in [-0.39, 0.29) is 0 Å². The molecule has 0 fully saturated rings. The lowest BCUT2D eigenvalue weighted by Gasteiger charge is -2.39. The van der Waals surface area contributed by atoms with Crippen LogP contribution in [0.3, 0.4) is 0 Å². The van der Waals surface area contributed by atoms with Gasteiger partial charge >= 0.3 is 0 Å². The van der Waals surface area contributed by atoms with E-state index < -0.39 is 0 Å². The quantitative estimate of drug-likeness (QED) is 0.555. The predicted molar refractivity (Wildman–Crippen MR) is 66.5 cm³/mol. The molecule has 0 aromatic heterocycles. The van der Waals surface area contributed by atoms with Gasteiger partial charge in [0.25, 0.3) is 0 Å². The summed E-state index contributed by atoms with van der Waals surface area (Å²) in [5, 5.41) is 0. The Bertz CT molecular complexity index is 146. The Morgan fingerprint density at radius 2 is 1.43 bits per heavy atom. The van der Waals surface area contributed by atoms with Crippen LogP contribution in [-0.2, 0) is 0 Å². The van der Waals surface area contributed by atoms with E-state index in [4.69, 9.17) is 0 Å². The normalized spacial score (nSPS) is 18.6. The van der Waals surface area contributed by atoms with Crippen LogP contribution in [0.25, 0.3) is 0 Å². The maximum absolute atomic E-state index is 2.46. The number of hydrogen-bond donors (Lipinski definition) is 0. The van der Waals surface area contributed by atoms with Gasteiger partial charge in [-0.15, -0.1) is 0 Å². The van der Waals surface area contributed by atoms with E-state index in [0.717, 1.165) is 17.8 Å². The van der Waals surface area contributed by atoms with Crippen molar-refractivity contribution >= 4 is 0 Å². The molecule has 0 bridgehead atoms. The van der Waals surface area contributed by atoms with Crippen molar-refractivity contribution in [3.8, 4) is 0 Å². The lowest BCUT2D eigenvalue weighted by Crippen LogP contribution is -2.30. The van der Waals surface area contributed by atoms with Crippen LogP contribution < -0.4 is 0 Å². The highest BCUT2D eigenvalue weighted by Crippen LogP contribution is 2.41. The standard InChI is InChI=1S/C14H30/c1-8-14(7,12(4)5)13(6)10-9-11(2)3/h11-13H,8-10H2,1-7H3. The summed E-state index contributed by atoms with van der Waals surface area (Å²) in [6.07, 6.45) is 4.08. The molecule has 14 heavy (non-hydrogen) atoms. The van der Waals surface area contributed by atoms with E-state index >= 15 is 0 Å². The molecule has 86 valence electrons. The molecule has 0 amide bonds. The van der Waals surface area contributed by atoms with Crippen LogP contribution in [0.4, 0.5) is 0 Å². The van der Waals surface area contributed by atoms with Crippen LogP contribution in [0.5, 0.6) is 0 Å². The molecule has 0 saturated heterocycles. The van der Waals surface area contributed by atoms with E-state index in [9.17, 15) is 0 Å². The molecule has 0 radical (unpaired) electrons. The lowest BCUT2D eigenvalue weighted by molar-refractivity contribution is 0.107. The second-order valence-corrected chi connectivity index (χ2v) is 5.89. The molecular formula is C14H30. The summed E-state index contributed by atoms with van der Waals surface area (Å²) in [5.41, 5.74) is 0.537. The van der Waals surface area contributed by atoms with Crippen LogP contribution >= 0.6 is 0 Å². The predicted octanol–water partition coefficient (Wildman–Crippen LogP) is 5.13. The first-order valence-corrected chi connectivity index (χ1v) is 6.34. The van der Waals surface area contributed by atoms with Gasteiger partial charge in [-0.2, -0.15) is 0 Å². The van der Waals surface area contributed by atoms with Crippen molar-refractivity contribution in [3.63, 3.8) is 0 Å². The van der Waals surface area contributed by atoms with Gasteiger partial charge in [-0.3, -0.25) is 0 Å². The Kier molecular flexibility index (Phi) is 5.78. The maximum Gasteiger partial charge on any atom is -0.0280 e. The van der Waals surface area contributed by atoms with Crippen molar-refractivity contribution in [3.05, 3.63) is 0 Å². The molecule has 0 aliphatic carbocycles. The highest BCUT2D eigenvalue weighted by molar-refractivity contribution is 4.81. The van der Waals surface area contributed by atoms with Crippen LogP contribution in [-0.4, -0.2) is 0 Å². The van der Waals surface area contributed by atoms with Gasteiger partial charge in [0.15, 0.2) is 0 Å².